The number of hydrogen-bond acceptors (Lipinski definition) is 3. The number of hydrogen-bond donors (Lipinski definition) is 2. The van der Waals surface area contributed by atoms with Crippen molar-refractivity contribution in [3.8, 4) is 16.8 Å². The lowest BCUT2D eigenvalue weighted by Crippen LogP contribution is -2.35. The summed E-state index contributed by atoms with van der Waals surface area (Å²) in [5, 5.41) is 3.24. The predicted molar refractivity (Wildman–Crippen MR) is 97.6 cm³/mol. The summed E-state index contributed by atoms with van der Waals surface area (Å²) < 4.78 is 20.8. The van der Waals surface area contributed by atoms with Crippen molar-refractivity contribution in [3.63, 3.8) is 0 Å². The van der Waals surface area contributed by atoms with E-state index in [-0.39, 0.29) is 11.3 Å². The number of benzene rings is 2. The van der Waals surface area contributed by atoms with Crippen LogP contribution in [0.5, 0.6) is 0 Å². The Kier molecular flexibility index (Phi) is 4.98. The van der Waals surface area contributed by atoms with E-state index in [2.05, 4.69) is 5.10 Å². The van der Waals surface area contributed by atoms with Crippen LogP contribution < -0.4 is 11.0 Å². The summed E-state index contributed by atoms with van der Waals surface area (Å²) in [6.07, 6.45) is 1.45. The van der Waals surface area contributed by atoms with Crippen molar-refractivity contribution in [3.05, 3.63) is 85.9 Å². The van der Waals surface area contributed by atoms with Crippen LogP contribution in [0.25, 0.3) is 16.8 Å². The van der Waals surface area contributed by atoms with Gasteiger partial charge in [0.2, 0.25) is 0 Å². The van der Waals surface area contributed by atoms with Crippen LogP contribution in [-0.2, 0) is 16.8 Å². The Morgan fingerprint density at radius 1 is 1.12 bits per heavy atom. The lowest BCUT2D eigenvalue weighted by atomic mass is 10.1. The highest BCUT2D eigenvalue weighted by Crippen LogP contribution is 2.16. The first-order chi connectivity index (χ1) is 12.0. The summed E-state index contributed by atoms with van der Waals surface area (Å²) >= 11 is 3.98. The first-order valence-corrected chi connectivity index (χ1v) is 8.88. The predicted octanol–water partition coefficient (Wildman–Crippen LogP) is 2.57. The molecule has 3 aromatic rings. The van der Waals surface area contributed by atoms with Gasteiger partial charge in [-0.25, -0.2) is 8.89 Å². The molecule has 128 valence electrons. The second-order valence-corrected chi connectivity index (χ2v) is 6.67. The minimum Gasteiger partial charge on any atom is -0.306 e. The van der Waals surface area contributed by atoms with Crippen LogP contribution in [0.2, 0.25) is 5.02 Å². The molecule has 0 aliphatic heterocycles. The van der Waals surface area contributed by atoms with E-state index in [9.17, 15) is 13.8 Å². The zero-order valence-corrected chi connectivity index (χ0v) is 14.4. The molecular weight excluding hydrogens is 364 g/mol. The molecular formula is C17H13ClN2O4S. The number of nitrogens with one attached hydrogen (secondary N) is 1. The van der Waals surface area contributed by atoms with E-state index in [1.54, 1.807) is 48.5 Å². The minimum atomic E-state index is -1.93. The van der Waals surface area contributed by atoms with Crippen LogP contribution in [0, 0.1) is 0 Å². The first-order valence-electron chi connectivity index (χ1n) is 7.23. The quantitative estimate of drug-likeness (QED) is 0.540. The molecule has 1 atom stereocenters. The molecule has 1 unspecified atom stereocenters. The monoisotopic (exact) mass is 376 g/mol. The largest absolute Gasteiger partial charge is 0.318 e. The van der Waals surface area contributed by atoms with Crippen molar-refractivity contribution >= 4 is 22.7 Å². The number of aromatic amines is 1. The summed E-state index contributed by atoms with van der Waals surface area (Å²) in [5.41, 5.74) is 0.511. The standard InChI is InChI=1S/C17H13ClN2O4S/c18-13-2-1-3-14(8-13)20-17(22)16(21)15(9-19-20)12-6-4-11(5-7-12)10-25(23)24/h1-9,19H,10H2,(H,23,24). The van der Waals surface area contributed by atoms with Crippen molar-refractivity contribution in [1.29, 1.82) is 0 Å². The van der Waals surface area contributed by atoms with E-state index in [0.29, 0.717) is 21.8 Å². The molecule has 25 heavy (non-hydrogen) atoms. The Morgan fingerprint density at radius 2 is 1.84 bits per heavy atom. The highest BCUT2D eigenvalue weighted by Gasteiger charge is 2.11. The van der Waals surface area contributed by atoms with Crippen molar-refractivity contribution in [2.24, 2.45) is 0 Å². The van der Waals surface area contributed by atoms with Crippen molar-refractivity contribution in [1.82, 2.24) is 9.78 Å². The molecule has 0 fully saturated rings. The zero-order chi connectivity index (χ0) is 18.0. The summed E-state index contributed by atoms with van der Waals surface area (Å²) in [6.45, 7) is 0. The van der Waals surface area contributed by atoms with Gasteiger partial charge in [-0.1, -0.05) is 41.9 Å². The minimum absolute atomic E-state index is 0.00694. The van der Waals surface area contributed by atoms with E-state index < -0.39 is 22.1 Å². The van der Waals surface area contributed by atoms with Gasteiger partial charge in [-0.15, -0.1) is 0 Å². The third-order valence-electron chi connectivity index (χ3n) is 3.60. The first kappa shape index (κ1) is 17.3. The van der Waals surface area contributed by atoms with E-state index in [4.69, 9.17) is 16.2 Å². The Morgan fingerprint density at radius 3 is 2.48 bits per heavy atom. The molecule has 8 heteroatoms. The molecule has 3 rings (SSSR count). The average Bonchev–Trinajstić information content (AvgIpc) is 2.58. The third kappa shape index (κ3) is 3.79. The van der Waals surface area contributed by atoms with Gasteiger partial charge in [-0.3, -0.25) is 14.7 Å². The fourth-order valence-corrected chi connectivity index (χ4v) is 3.08. The van der Waals surface area contributed by atoms with E-state index >= 15 is 0 Å². The molecule has 0 bridgehead atoms. The van der Waals surface area contributed by atoms with Crippen LogP contribution in [0.15, 0.2) is 64.3 Å². The van der Waals surface area contributed by atoms with Crippen molar-refractivity contribution in [2.75, 3.05) is 0 Å². The molecule has 0 saturated carbocycles. The van der Waals surface area contributed by atoms with Crippen molar-refractivity contribution in [2.45, 2.75) is 5.75 Å². The number of H-pyrrole nitrogens is 1. The zero-order valence-electron chi connectivity index (χ0n) is 12.8. The van der Waals surface area contributed by atoms with Crippen molar-refractivity contribution < 1.29 is 8.76 Å². The molecule has 0 aliphatic rings. The molecule has 6 nitrogen and oxygen atoms in total. The second-order valence-electron chi connectivity index (χ2n) is 5.30. The lowest BCUT2D eigenvalue weighted by Gasteiger charge is -2.08. The number of nitrogens with zero attached hydrogens (tertiary/aromatic N) is 1. The van der Waals surface area contributed by atoms with E-state index in [0.717, 1.165) is 4.68 Å². The van der Waals surface area contributed by atoms with E-state index in [1.807, 2.05) is 0 Å². The van der Waals surface area contributed by atoms with Crippen LogP contribution >= 0.6 is 11.6 Å². The fourth-order valence-electron chi connectivity index (χ4n) is 2.41. The molecule has 0 radical (unpaired) electrons. The molecule has 2 aromatic carbocycles. The summed E-state index contributed by atoms with van der Waals surface area (Å²) in [4.78, 5) is 24.8. The molecule has 1 aromatic heterocycles. The molecule has 0 saturated heterocycles. The van der Waals surface area contributed by atoms with Crippen LogP contribution in [-0.4, -0.2) is 18.5 Å². The average molecular weight is 377 g/mol. The van der Waals surface area contributed by atoms with Gasteiger partial charge in [0.25, 0.3) is 5.43 Å². The highest BCUT2D eigenvalue weighted by molar-refractivity contribution is 7.78. The Balaban J connectivity index is 2.02. The topological polar surface area (TPSA) is 92.2 Å². The maximum Gasteiger partial charge on any atom is 0.318 e. The van der Waals surface area contributed by atoms with Gasteiger partial charge in [0.15, 0.2) is 11.1 Å². The van der Waals surface area contributed by atoms with Gasteiger partial charge in [0.05, 0.1) is 17.0 Å². The van der Waals surface area contributed by atoms with Crippen LogP contribution in [0.3, 0.4) is 0 Å². The molecule has 0 amide bonds. The van der Waals surface area contributed by atoms with E-state index in [1.165, 1.54) is 6.20 Å². The van der Waals surface area contributed by atoms with Gasteiger partial charge in [-0.2, -0.15) is 0 Å². The summed E-state index contributed by atoms with van der Waals surface area (Å²) in [6, 6.07) is 13.1. The Bertz CT molecular complexity index is 1060. The Labute approximate surface area is 150 Å². The van der Waals surface area contributed by atoms with Gasteiger partial charge >= 0.3 is 5.56 Å². The van der Waals surface area contributed by atoms with Gasteiger partial charge in [0, 0.05) is 11.2 Å². The normalized spacial score (nSPS) is 12.1. The highest BCUT2D eigenvalue weighted by atomic mass is 35.5. The Hall–Kier alpha value is -2.48. The molecule has 1 heterocycles. The second kappa shape index (κ2) is 7.18. The third-order valence-corrected chi connectivity index (χ3v) is 4.42. The van der Waals surface area contributed by atoms with Gasteiger partial charge in [0.1, 0.15) is 0 Å². The maximum absolute atomic E-state index is 12.4. The summed E-state index contributed by atoms with van der Waals surface area (Å²) in [5.74, 6) is 0.00694. The lowest BCUT2D eigenvalue weighted by molar-refractivity contribution is 0.563. The summed E-state index contributed by atoms with van der Waals surface area (Å²) in [7, 11) is 0. The molecule has 0 aliphatic carbocycles. The number of rotatable bonds is 4. The smallest absolute Gasteiger partial charge is 0.306 e. The van der Waals surface area contributed by atoms with Crippen LogP contribution in [0.4, 0.5) is 0 Å². The number of aromatic nitrogens is 2. The molecule has 0 spiro atoms. The molecule has 2 N–H and O–H groups in total. The van der Waals surface area contributed by atoms with Crippen LogP contribution in [0.1, 0.15) is 5.56 Å². The fraction of sp³-hybridized carbons (Fsp3) is 0.0588. The van der Waals surface area contributed by atoms with Gasteiger partial charge in [-0.05, 0) is 29.3 Å². The maximum atomic E-state index is 12.4. The number of halogens is 1. The van der Waals surface area contributed by atoms with Gasteiger partial charge < -0.3 is 4.55 Å². The SMILES string of the molecule is O=c1c(-c2ccc(CS(=O)O)cc2)c[nH]n(-c2cccc(Cl)c2)c1=O.